The molecule has 1 saturated heterocycles. The molecule has 4 rings (SSSR count). The fourth-order valence-electron chi connectivity index (χ4n) is 3.97. The maximum absolute atomic E-state index is 11.4. The van der Waals surface area contributed by atoms with Crippen LogP contribution >= 0.6 is 0 Å². The lowest BCUT2D eigenvalue weighted by Crippen LogP contribution is -2.28. The molecule has 184 valence electrons. The molecule has 3 aromatic rings. The number of likely N-dealkylation sites (N-methyl/N-ethyl adjacent to an activating group) is 1. The van der Waals surface area contributed by atoms with E-state index < -0.39 is 10.1 Å². The number of anilines is 2. The maximum atomic E-state index is 11.4. The second-order valence-corrected chi connectivity index (χ2v) is 10.0. The van der Waals surface area contributed by atoms with Gasteiger partial charge in [-0.3, -0.25) is 8.86 Å². The molecule has 11 heteroatoms. The summed E-state index contributed by atoms with van der Waals surface area (Å²) in [5.41, 5.74) is 2.02. The Labute approximate surface area is 199 Å². The number of ether oxygens (including phenoxy) is 2. The third kappa shape index (κ3) is 5.96. The molecule has 0 radical (unpaired) electrons. The van der Waals surface area contributed by atoms with E-state index in [1.54, 1.807) is 13.3 Å². The lowest BCUT2D eigenvalue weighted by atomic mass is 10.1. The molecule has 1 fully saturated rings. The first-order valence-corrected chi connectivity index (χ1v) is 13.0. The Morgan fingerprint density at radius 1 is 1.21 bits per heavy atom. The number of hydrogen-bond donors (Lipinski definition) is 1. The molecular weight excluding hydrogens is 458 g/mol. The third-order valence-electron chi connectivity index (χ3n) is 5.79. The zero-order chi connectivity index (χ0) is 24.1. The Morgan fingerprint density at radius 2 is 1.94 bits per heavy atom. The van der Waals surface area contributed by atoms with Gasteiger partial charge in [-0.2, -0.15) is 13.5 Å². The normalized spacial score (nSPS) is 14.9. The maximum Gasteiger partial charge on any atom is 0.264 e. The van der Waals surface area contributed by atoms with E-state index in [4.69, 9.17) is 18.8 Å². The summed E-state index contributed by atoms with van der Waals surface area (Å²) in [5, 5.41) is 9.37. The van der Waals surface area contributed by atoms with Crippen LogP contribution in [-0.4, -0.2) is 76.0 Å². The van der Waals surface area contributed by atoms with Gasteiger partial charge in [-0.05, 0) is 36.6 Å². The van der Waals surface area contributed by atoms with Crippen molar-refractivity contribution in [3.63, 3.8) is 0 Å². The summed E-state index contributed by atoms with van der Waals surface area (Å²) >= 11 is 0. The zero-order valence-corrected chi connectivity index (χ0v) is 20.5. The second kappa shape index (κ2) is 10.6. The van der Waals surface area contributed by atoms with Crippen molar-refractivity contribution < 1.29 is 22.1 Å². The van der Waals surface area contributed by atoms with Gasteiger partial charge >= 0.3 is 0 Å². The van der Waals surface area contributed by atoms with E-state index in [9.17, 15) is 8.42 Å². The minimum Gasteiger partial charge on any atom is -0.497 e. The van der Waals surface area contributed by atoms with Crippen LogP contribution in [0.4, 0.5) is 11.6 Å². The number of fused-ring (bicyclic) bond motifs is 1. The van der Waals surface area contributed by atoms with Gasteiger partial charge in [0, 0.05) is 39.0 Å². The van der Waals surface area contributed by atoms with Crippen molar-refractivity contribution in [3.05, 3.63) is 42.1 Å². The van der Waals surface area contributed by atoms with Crippen molar-refractivity contribution in [2.75, 3.05) is 57.0 Å². The Balaban J connectivity index is 1.67. The van der Waals surface area contributed by atoms with Crippen LogP contribution in [-0.2, 0) is 25.6 Å². The largest absolute Gasteiger partial charge is 0.497 e. The van der Waals surface area contributed by atoms with Gasteiger partial charge < -0.3 is 19.7 Å². The van der Waals surface area contributed by atoms with Crippen LogP contribution in [0.15, 0.2) is 36.5 Å². The van der Waals surface area contributed by atoms with Crippen molar-refractivity contribution in [1.82, 2.24) is 14.8 Å². The molecule has 1 aromatic carbocycles. The molecule has 1 aliphatic heterocycles. The molecule has 0 aliphatic carbocycles. The van der Waals surface area contributed by atoms with Crippen LogP contribution in [0.2, 0.25) is 0 Å². The van der Waals surface area contributed by atoms with Gasteiger partial charge in [0.1, 0.15) is 11.6 Å². The highest BCUT2D eigenvalue weighted by molar-refractivity contribution is 7.85. The smallest absolute Gasteiger partial charge is 0.264 e. The predicted molar refractivity (Wildman–Crippen MR) is 131 cm³/mol. The van der Waals surface area contributed by atoms with E-state index in [0.717, 1.165) is 60.3 Å². The van der Waals surface area contributed by atoms with E-state index in [1.165, 1.54) is 0 Å². The number of nitrogens with one attached hydrogen (secondary N) is 1. The monoisotopic (exact) mass is 489 g/mol. The van der Waals surface area contributed by atoms with E-state index in [-0.39, 0.29) is 12.6 Å². The van der Waals surface area contributed by atoms with Crippen LogP contribution in [0.3, 0.4) is 0 Å². The fourth-order valence-corrected chi connectivity index (χ4v) is 4.35. The van der Waals surface area contributed by atoms with E-state index in [1.807, 2.05) is 47.0 Å². The van der Waals surface area contributed by atoms with E-state index in [2.05, 4.69) is 10.3 Å². The first kappa shape index (κ1) is 24.2. The molecule has 1 aliphatic rings. The highest BCUT2D eigenvalue weighted by atomic mass is 32.2. The molecule has 0 atom stereocenters. The molecule has 3 heterocycles. The summed E-state index contributed by atoms with van der Waals surface area (Å²) in [4.78, 5) is 6.53. The van der Waals surface area contributed by atoms with Gasteiger partial charge in [-0.15, -0.1) is 0 Å². The van der Waals surface area contributed by atoms with Crippen molar-refractivity contribution in [3.8, 4) is 5.75 Å². The number of pyridine rings is 1. The van der Waals surface area contributed by atoms with Gasteiger partial charge in [-0.25, -0.2) is 4.98 Å². The number of rotatable bonds is 10. The summed E-state index contributed by atoms with van der Waals surface area (Å²) < 4.78 is 40.4. The summed E-state index contributed by atoms with van der Waals surface area (Å²) in [7, 11) is 0.00368. The van der Waals surface area contributed by atoms with Crippen LogP contribution < -0.4 is 15.0 Å². The topological polar surface area (TPSA) is 108 Å². The summed E-state index contributed by atoms with van der Waals surface area (Å²) in [6, 6.07) is 10.1. The van der Waals surface area contributed by atoms with Gasteiger partial charge in [-0.1, -0.05) is 12.1 Å². The standard InChI is InChI=1S/C23H31N5O5S/c1-27(12-15-33-34(3,29)30)23-21-20(8-11-24-22(21)25-18-9-13-32-14-10-18)28(26-23)16-17-4-6-19(31-2)7-5-17/h4-8,11,18H,9-10,12-16H2,1-3H3,(H,24,25). The highest BCUT2D eigenvalue weighted by Crippen LogP contribution is 2.32. The zero-order valence-electron chi connectivity index (χ0n) is 19.7. The molecule has 1 N–H and O–H groups in total. The molecule has 10 nitrogen and oxygen atoms in total. The minimum absolute atomic E-state index is 0.0329. The van der Waals surface area contributed by atoms with Gasteiger partial charge in [0.15, 0.2) is 5.82 Å². The van der Waals surface area contributed by atoms with Crippen LogP contribution in [0.25, 0.3) is 10.9 Å². The second-order valence-electron chi connectivity index (χ2n) is 8.36. The van der Waals surface area contributed by atoms with Gasteiger partial charge in [0.2, 0.25) is 0 Å². The Bertz CT molecular complexity index is 1210. The Morgan fingerprint density at radius 3 is 2.62 bits per heavy atom. The number of methoxy groups -OCH3 is 1. The Kier molecular flexibility index (Phi) is 7.54. The van der Waals surface area contributed by atoms with Gasteiger partial charge in [0.05, 0.1) is 37.4 Å². The lowest BCUT2D eigenvalue weighted by Gasteiger charge is -2.24. The molecule has 0 amide bonds. The molecule has 0 bridgehead atoms. The van der Waals surface area contributed by atoms with Crippen LogP contribution in [0.5, 0.6) is 5.75 Å². The number of nitrogens with zero attached hydrogens (tertiary/aromatic N) is 4. The van der Waals surface area contributed by atoms with Crippen molar-refractivity contribution in [2.45, 2.75) is 25.4 Å². The third-order valence-corrected chi connectivity index (χ3v) is 6.38. The SMILES string of the molecule is COc1ccc(Cn2nc(N(C)CCOS(C)(=O)=O)c3c(NC4CCOCC4)nccc32)cc1. The molecule has 2 aromatic heterocycles. The average Bonchev–Trinajstić information content (AvgIpc) is 3.19. The summed E-state index contributed by atoms with van der Waals surface area (Å²) in [5.74, 6) is 2.27. The van der Waals surface area contributed by atoms with Crippen LogP contribution in [0.1, 0.15) is 18.4 Å². The number of hydrogen-bond acceptors (Lipinski definition) is 9. The predicted octanol–water partition coefficient (Wildman–Crippen LogP) is 2.49. The minimum atomic E-state index is -3.51. The first-order valence-electron chi connectivity index (χ1n) is 11.2. The van der Waals surface area contributed by atoms with Crippen molar-refractivity contribution in [1.29, 1.82) is 0 Å². The van der Waals surface area contributed by atoms with E-state index >= 15 is 0 Å². The van der Waals surface area contributed by atoms with E-state index in [0.29, 0.717) is 18.9 Å². The highest BCUT2D eigenvalue weighted by Gasteiger charge is 2.22. The first-order chi connectivity index (χ1) is 16.3. The average molecular weight is 490 g/mol. The molecule has 0 spiro atoms. The lowest BCUT2D eigenvalue weighted by molar-refractivity contribution is 0.0904. The number of benzene rings is 1. The molecular formula is C23H31N5O5S. The Hall–Kier alpha value is -2.89. The molecule has 0 unspecified atom stereocenters. The van der Waals surface area contributed by atoms with Crippen molar-refractivity contribution in [2.24, 2.45) is 0 Å². The van der Waals surface area contributed by atoms with Crippen LogP contribution in [0, 0.1) is 0 Å². The summed E-state index contributed by atoms with van der Waals surface area (Å²) in [6.07, 6.45) is 4.65. The number of aromatic nitrogens is 3. The summed E-state index contributed by atoms with van der Waals surface area (Å²) in [6.45, 7) is 2.40. The quantitative estimate of drug-likeness (QED) is 0.430. The molecule has 0 saturated carbocycles. The fraction of sp³-hybridized carbons (Fsp3) is 0.478. The van der Waals surface area contributed by atoms with Crippen molar-refractivity contribution >= 4 is 32.7 Å². The van der Waals surface area contributed by atoms with Gasteiger partial charge in [0.25, 0.3) is 10.1 Å². The molecule has 34 heavy (non-hydrogen) atoms.